The maximum atomic E-state index is 10.9. The van der Waals surface area contributed by atoms with Gasteiger partial charge in [0.2, 0.25) is 0 Å². The van der Waals surface area contributed by atoms with Crippen LogP contribution in [0.25, 0.3) is 0 Å². The molecule has 4 heteroatoms. The van der Waals surface area contributed by atoms with Gasteiger partial charge in [-0.1, -0.05) is 20.8 Å². The summed E-state index contributed by atoms with van der Waals surface area (Å²) in [6, 6.07) is 0. The van der Waals surface area contributed by atoms with Crippen molar-refractivity contribution in [2.45, 2.75) is 58.5 Å². The minimum atomic E-state index is -0.562. The second-order valence-corrected chi connectivity index (χ2v) is 7.08. The molecule has 0 radical (unpaired) electrons. The van der Waals surface area contributed by atoms with Gasteiger partial charge in [-0.2, -0.15) is 5.10 Å². The molecule has 1 saturated carbocycles. The van der Waals surface area contributed by atoms with E-state index >= 15 is 0 Å². The molecule has 1 aromatic heterocycles. The largest absolute Gasteiger partial charge is 0.389 e. The molecule has 1 aliphatic rings. The third-order valence-electron chi connectivity index (χ3n) is 4.74. The molecule has 19 heavy (non-hydrogen) atoms. The highest BCUT2D eigenvalue weighted by Crippen LogP contribution is 2.39. The average Bonchev–Trinajstić information content (AvgIpc) is 2.62. The summed E-state index contributed by atoms with van der Waals surface area (Å²) in [5.41, 5.74) is 1.65. The number of hydrogen-bond acceptors (Lipinski definition) is 2. The fourth-order valence-corrected chi connectivity index (χ4v) is 3.92. The fraction of sp³-hybridized carbons (Fsp3) is 0.800. The summed E-state index contributed by atoms with van der Waals surface area (Å²) in [7, 11) is 1.97. The highest BCUT2D eigenvalue weighted by atomic mass is 79.9. The molecule has 0 aromatic carbocycles. The monoisotopic (exact) mass is 328 g/mol. The molecule has 1 N–H and O–H groups in total. The number of hydrogen-bond donors (Lipinski definition) is 1. The second-order valence-electron chi connectivity index (χ2n) is 6.28. The third kappa shape index (κ3) is 3.05. The van der Waals surface area contributed by atoms with E-state index in [-0.39, 0.29) is 0 Å². The standard InChI is InChI=1S/C15H25BrN2O/c1-5-12-14(16)13(18(4)17-12)9-15(19)7-6-10(2)11(3)8-15/h10-11,19H,5-9H2,1-4H3. The zero-order valence-electron chi connectivity index (χ0n) is 12.4. The van der Waals surface area contributed by atoms with Crippen molar-refractivity contribution in [3.8, 4) is 0 Å². The minimum Gasteiger partial charge on any atom is -0.389 e. The summed E-state index contributed by atoms with van der Waals surface area (Å²) in [5, 5.41) is 15.4. The van der Waals surface area contributed by atoms with Crippen molar-refractivity contribution in [3.63, 3.8) is 0 Å². The second kappa shape index (κ2) is 5.57. The van der Waals surface area contributed by atoms with Gasteiger partial charge < -0.3 is 5.11 Å². The van der Waals surface area contributed by atoms with Gasteiger partial charge in [-0.25, -0.2) is 0 Å². The summed E-state index contributed by atoms with van der Waals surface area (Å²) < 4.78 is 3.00. The summed E-state index contributed by atoms with van der Waals surface area (Å²) in [6.45, 7) is 6.65. The van der Waals surface area contributed by atoms with E-state index in [1.54, 1.807) is 0 Å². The number of aryl methyl sites for hydroxylation is 2. The Balaban J connectivity index is 2.19. The molecule has 2 rings (SSSR count). The normalized spacial score (nSPS) is 31.7. The zero-order chi connectivity index (χ0) is 14.2. The Labute approximate surface area is 124 Å². The van der Waals surface area contributed by atoms with Crippen LogP contribution in [-0.2, 0) is 19.9 Å². The van der Waals surface area contributed by atoms with Gasteiger partial charge in [0, 0.05) is 13.5 Å². The first-order valence-electron chi connectivity index (χ1n) is 7.29. The maximum Gasteiger partial charge on any atom is 0.0766 e. The third-order valence-corrected chi connectivity index (χ3v) is 5.65. The van der Waals surface area contributed by atoms with E-state index in [4.69, 9.17) is 0 Å². The van der Waals surface area contributed by atoms with E-state index in [0.717, 1.165) is 47.5 Å². The van der Waals surface area contributed by atoms with Crippen molar-refractivity contribution in [1.29, 1.82) is 0 Å². The SMILES string of the molecule is CCc1nn(C)c(CC2(O)CCC(C)C(C)C2)c1Br. The molecule has 1 fully saturated rings. The predicted octanol–water partition coefficient (Wildman–Crippen LogP) is 3.47. The Bertz CT molecular complexity index is 457. The van der Waals surface area contributed by atoms with Crippen molar-refractivity contribution in [3.05, 3.63) is 15.9 Å². The Hall–Kier alpha value is -0.350. The lowest BCUT2D eigenvalue weighted by Gasteiger charge is -2.39. The van der Waals surface area contributed by atoms with Crippen molar-refractivity contribution in [1.82, 2.24) is 9.78 Å². The van der Waals surface area contributed by atoms with Gasteiger partial charge >= 0.3 is 0 Å². The van der Waals surface area contributed by atoms with Crippen molar-refractivity contribution >= 4 is 15.9 Å². The van der Waals surface area contributed by atoms with Gasteiger partial charge in [0.05, 0.1) is 21.5 Å². The van der Waals surface area contributed by atoms with Crippen LogP contribution < -0.4 is 0 Å². The van der Waals surface area contributed by atoms with Crippen molar-refractivity contribution in [2.75, 3.05) is 0 Å². The van der Waals surface area contributed by atoms with Crippen LogP contribution in [-0.4, -0.2) is 20.5 Å². The molecule has 3 unspecified atom stereocenters. The van der Waals surface area contributed by atoms with E-state index in [0.29, 0.717) is 12.3 Å². The molecule has 1 heterocycles. The van der Waals surface area contributed by atoms with Gasteiger partial charge in [-0.05, 0) is 53.4 Å². The Morgan fingerprint density at radius 2 is 2.11 bits per heavy atom. The minimum absolute atomic E-state index is 0.562. The lowest BCUT2D eigenvalue weighted by atomic mass is 9.71. The first-order valence-corrected chi connectivity index (χ1v) is 8.08. The Morgan fingerprint density at radius 3 is 2.63 bits per heavy atom. The number of halogens is 1. The highest BCUT2D eigenvalue weighted by Gasteiger charge is 2.37. The van der Waals surface area contributed by atoms with E-state index in [2.05, 4.69) is 41.8 Å². The van der Waals surface area contributed by atoms with Crippen molar-refractivity contribution in [2.24, 2.45) is 18.9 Å². The van der Waals surface area contributed by atoms with Gasteiger partial charge in [-0.3, -0.25) is 4.68 Å². The summed E-state index contributed by atoms with van der Waals surface area (Å²) >= 11 is 3.65. The first-order chi connectivity index (χ1) is 8.86. The lowest BCUT2D eigenvalue weighted by molar-refractivity contribution is -0.0293. The smallest absolute Gasteiger partial charge is 0.0766 e. The predicted molar refractivity (Wildman–Crippen MR) is 81.1 cm³/mol. The van der Waals surface area contributed by atoms with Crippen LogP contribution in [0, 0.1) is 11.8 Å². The van der Waals surface area contributed by atoms with Crippen LogP contribution in [0.5, 0.6) is 0 Å². The molecule has 0 aliphatic heterocycles. The molecule has 0 spiro atoms. The number of aromatic nitrogens is 2. The first kappa shape index (κ1) is 15.0. The number of aliphatic hydroxyl groups is 1. The molecule has 0 saturated heterocycles. The molecule has 1 aromatic rings. The van der Waals surface area contributed by atoms with Gasteiger partial charge in [0.15, 0.2) is 0 Å². The quantitative estimate of drug-likeness (QED) is 0.922. The van der Waals surface area contributed by atoms with Crippen LogP contribution in [0.2, 0.25) is 0 Å². The van der Waals surface area contributed by atoms with E-state index in [1.807, 2.05) is 11.7 Å². The average molecular weight is 329 g/mol. The molecular weight excluding hydrogens is 304 g/mol. The molecule has 0 bridgehead atoms. The van der Waals surface area contributed by atoms with Crippen LogP contribution in [0.3, 0.4) is 0 Å². The molecule has 1 aliphatic carbocycles. The van der Waals surface area contributed by atoms with Crippen LogP contribution in [0.4, 0.5) is 0 Å². The summed E-state index contributed by atoms with van der Waals surface area (Å²) in [4.78, 5) is 0. The Kier molecular flexibility index (Phi) is 4.41. The van der Waals surface area contributed by atoms with Crippen LogP contribution >= 0.6 is 15.9 Å². The van der Waals surface area contributed by atoms with Crippen LogP contribution in [0.1, 0.15) is 51.4 Å². The molecule has 3 nitrogen and oxygen atoms in total. The molecule has 0 amide bonds. The lowest BCUT2D eigenvalue weighted by Crippen LogP contribution is -2.40. The number of rotatable bonds is 3. The van der Waals surface area contributed by atoms with Gasteiger partial charge in [0.25, 0.3) is 0 Å². The van der Waals surface area contributed by atoms with E-state index in [9.17, 15) is 5.11 Å². The summed E-state index contributed by atoms with van der Waals surface area (Å²) in [5.74, 6) is 1.32. The van der Waals surface area contributed by atoms with E-state index in [1.165, 1.54) is 0 Å². The molecule has 108 valence electrons. The van der Waals surface area contributed by atoms with Crippen LogP contribution in [0.15, 0.2) is 4.47 Å². The van der Waals surface area contributed by atoms with Gasteiger partial charge in [0.1, 0.15) is 0 Å². The fourth-order valence-electron chi connectivity index (χ4n) is 3.17. The van der Waals surface area contributed by atoms with Crippen molar-refractivity contribution < 1.29 is 5.11 Å². The topological polar surface area (TPSA) is 38.0 Å². The summed E-state index contributed by atoms with van der Waals surface area (Å²) in [6.07, 6.45) is 4.53. The zero-order valence-corrected chi connectivity index (χ0v) is 14.0. The Morgan fingerprint density at radius 1 is 1.42 bits per heavy atom. The maximum absolute atomic E-state index is 10.9. The molecular formula is C15H25BrN2O. The highest BCUT2D eigenvalue weighted by molar-refractivity contribution is 9.10. The number of nitrogens with zero attached hydrogens (tertiary/aromatic N) is 2. The van der Waals surface area contributed by atoms with E-state index < -0.39 is 5.60 Å². The molecule has 3 atom stereocenters. The van der Waals surface area contributed by atoms with Gasteiger partial charge in [-0.15, -0.1) is 0 Å².